The summed E-state index contributed by atoms with van der Waals surface area (Å²) in [5.41, 5.74) is 2.36. The maximum Gasteiger partial charge on any atom is 0.212 e. The molecule has 0 saturated carbocycles. The Bertz CT molecular complexity index is 605. The summed E-state index contributed by atoms with van der Waals surface area (Å²) in [5.74, 6) is 0.588. The van der Waals surface area contributed by atoms with Gasteiger partial charge in [0.1, 0.15) is 6.07 Å². The van der Waals surface area contributed by atoms with Crippen LogP contribution in [-0.2, 0) is 6.54 Å². The van der Waals surface area contributed by atoms with E-state index in [0.717, 1.165) is 11.3 Å². The lowest BCUT2D eigenvalue weighted by Crippen LogP contribution is -2.00. The Morgan fingerprint density at radius 2 is 2.21 bits per heavy atom. The van der Waals surface area contributed by atoms with Crippen LogP contribution in [0.15, 0.2) is 36.5 Å². The van der Waals surface area contributed by atoms with Gasteiger partial charge in [-0.15, -0.1) is 0 Å². The van der Waals surface area contributed by atoms with E-state index in [9.17, 15) is 0 Å². The van der Waals surface area contributed by atoms with E-state index < -0.39 is 0 Å². The summed E-state index contributed by atoms with van der Waals surface area (Å²) < 4.78 is 4.99. The summed E-state index contributed by atoms with van der Waals surface area (Å²) >= 11 is 5.96. The van der Waals surface area contributed by atoms with E-state index in [4.69, 9.17) is 21.6 Å². The molecule has 1 aromatic carbocycles. The molecule has 0 atom stereocenters. The normalized spacial score (nSPS) is 9.74. The van der Waals surface area contributed by atoms with Crippen LogP contribution in [0.25, 0.3) is 0 Å². The number of rotatable bonds is 4. The molecular weight excluding hydrogens is 262 g/mol. The van der Waals surface area contributed by atoms with Crippen molar-refractivity contribution in [2.75, 3.05) is 12.4 Å². The predicted octanol–water partition coefficient (Wildman–Crippen LogP) is 3.23. The molecule has 0 radical (unpaired) electrons. The fourth-order valence-electron chi connectivity index (χ4n) is 1.56. The van der Waals surface area contributed by atoms with Gasteiger partial charge in [-0.2, -0.15) is 5.26 Å². The van der Waals surface area contributed by atoms with Crippen molar-refractivity contribution in [2.45, 2.75) is 6.54 Å². The number of aromatic nitrogens is 1. The molecule has 4 nitrogen and oxygen atoms in total. The Morgan fingerprint density at radius 1 is 1.37 bits per heavy atom. The van der Waals surface area contributed by atoms with E-state index in [0.29, 0.717) is 23.0 Å². The van der Waals surface area contributed by atoms with Crippen molar-refractivity contribution in [3.8, 4) is 11.9 Å². The largest absolute Gasteiger partial charge is 0.481 e. The third-order valence-corrected chi connectivity index (χ3v) is 2.91. The van der Waals surface area contributed by atoms with E-state index in [1.807, 2.05) is 24.3 Å². The highest BCUT2D eigenvalue weighted by molar-refractivity contribution is 6.32. The number of halogens is 1. The fraction of sp³-hybridized carbons (Fsp3) is 0.143. The Kier molecular flexibility index (Phi) is 4.22. The van der Waals surface area contributed by atoms with Crippen molar-refractivity contribution >= 4 is 17.3 Å². The molecule has 1 N–H and O–H groups in total. The van der Waals surface area contributed by atoms with E-state index in [-0.39, 0.29) is 0 Å². The molecule has 0 spiro atoms. The fourth-order valence-corrected chi connectivity index (χ4v) is 1.78. The molecule has 0 aliphatic heterocycles. The van der Waals surface area contributed by atoms with Crippen molar-refractivity contribution in [3.05, 3.63) is 52.7 Å². The average molecular weight is 274 g/mol. The second-order valence-electron chi connectivity index (χ2n) is 3.87. The molecule has 0 amide bonds. The zero-order chi connectivity index (χ0) is 13.7. The minimum absolute atomic E-state index is 0.445. The van der Waals surface area contributed by atoms with Crippen LogP contribution in [0.2, 0.25) is 5.02 Å². The van der Waals surface area contributed by atoms with Gasteiger partial charge in [-0.1, -0.05) is 17.7 Å². The third-order valence-electron chi connectivity index (χ3n) is 2.59. The number of nitrogens with one attached hydrogen (secondary N) is 1. The van der Waals surface area contributed by atoms with Crippen molar-refractivity contribution < 1.29 is 4.74 Å². The molecule has 0 fully saturated rings. The number of ether oxygens (including phenoxy) is 1. The smallest absolute Gasteiger partial charge is 0.212 e. The van der Waals surface area contributed by atoms with Crippen LogP contribution in [0.3, 0.4) is 0 Å². The summed E-state index contributed by atoms with van der Waals surface area (Å²) in [6.45, 7) is 0.624. The molecule has 5 heteroatoms. The highest BCUT2D eigenvalue weighted by Gasteiger charge is 2.01. The Morgan fingerprint density at radius 3 is 2.79 bits per heavy atom. The number of pyridine rings is 1. The standard InChI is InChI=1S/C14H12ClN3O/c1-19-14-5-2-10(9-18-14)8-17-12-4-3-11(7-16)13(15)6-12/h2-6,9,17H,8H2,1H3. The lowest BCUT2D eigenvalue weighted by Gasteiger charge is -2.07. The van der Waals surface area contributed by atoms with Crippen LogP contribution in [0.4, 0.5) is 5.69 Å². The van der Waals surface area contributed by atoms with Gasteiger partial charge in [-0.25, -0.2) is 4.98 Å². The summed E-state index contributed by atoms with van der Waals surface area (Å²) in [6, 6.07) is 11.0. The zero-order valence-corrected chi connectivity index (χ0v) is 11.1. The molecule has 2 rings (SSSR count). The Balaban J connectivity index is 2.02. The van der Waals surface area contributed by atoms with Gasteiger partial charge in [-0.05, 0) is 23.8 Å². The highest BCUT2D eigenvalue weighted by Crippen LogP contribution is 2.20. The number of methoxy groups -OCH3 is 1. The zero-order valence-electron chi connectivity index (χ0n) is 10.4. The first-order chi connectivity index (χ1) is 9.22. The molecule has 96 valence electrons. The topological polar surface area (TPSA) is 57.9 Å². The molecule has 1 heterocycles. The Hall–Kier alpha value is -2.25. The molecule has 2 aromatic rings. The SMILES string of the molecule is COc1ccc(CNc2ccc(C#N)c(Cl)c2)cn1. The third kappa shape index (κ3) is 3.36. The number of nitriles is 1. The lowest BCUT2D eigenvalue weighted by molar-refractivity contribution is 0.397. The molecule has 0 saturated heterocycles. The van der Waals surface area contributed by atoms with E-state index in [1.165, 1.54) is 0 Å². The quantitative estimate of drug-likeness (QED) is 0.929. The van der Waals surface area contributed by atoms with Crippen LogP contribution < -0.4 is 10.1 Å². The van der Waals surface area contributed by atoms with Gasteiger partial charge < -0.3 is 10.1 Å². The van der Waals surface area contributed by atoms with Crippen molar-refractivity contribution in [2.24, 2.45) is 0 Å². The number of hydrogen-bond acceptors (Lipinski definition) is 4. The van der Waals surface area contributed by atoms with Gasteiger partial charge >= 0.3 is 0 Å². The molecule has 0 aliphatic carbocycles. The maximum atomic E-state index is 8.79. The minimum atomic E-state index is 0.445. The van der Waals surface area contributed by atoms with Crippen LogP contribution >= 0.6 is 11.6 Å². The molecule has 0 bridgehead atoms. The second kappa shape index (κ2) is 6.07. The summed E-state index contributed by atoms with van der Waals surface area (Å²) in [5, 5.41) is 12.5. The first-order valence-corrected chi connectivity index (χ1v) is 6.03. The van der Waals surface area contributed by atoms with Crippen LogP contribution in [0.1, 0.15) is 11.1 Å². The van der Waals surface area contributed by atoms with Gasteiger partial charge in [0.2, 0.25) is 5.88 Å². The first-order valence-electron chi connectivity index (χ1n) is 5.65. The second-order valence-corrected chi connectivity index (χ2v) is 4.28. The molecular formula is C14H12ClN3O. The number of benzene rings is 1. The number of anilines is 1. The number of hydrogen-bond donors (Lipinski definition) is 1. The van der Waals surface area contributed by atoms with Gasteiger partial charge in [0, 0.05) is 24.5 Å². The summed E-state index contributed by atoms with van der Waals surface area (Å²) in [4.78, 5) is 4.12. The molecule has 19 heavy (non-hydrogen) atoms. The Labute approximate surface area is 116 Å². The van der Waals surface area contributed by atoms with Gasteiger partial charge in [0.05, 0.1) is 17.7 Å². The van der Waals surface area contributed by atoms with Crippen molar-refractivity contribution in [1.82, 2.24) is 4.98 Å². The van der Waals surface area contributed by atoms with E-state index in [1.54, 1.807) is 25.4 Å². The van der Waals surface area contributed by atoms with Gasteiger partial charge in [0.25, 0.3) is 0 Å². The first kappa shape index (κ1) is 13.2. The van der Waals surface area contributed by atoms with Crippen LogP contribution in [-0.4, -0.2) is 12.1 Å². The van der Waals surface area contributed by atoms with Gasteiger partial charge in [-0.3, -0.25) is 0 Å². The van der Waals surface area contributed by atoms with Crippen LogP contribution in [0.5, 0.6) is 5.88 Å². The summed E-state index contributed by atoms with van der Waals surface area (Å²) in [6.07, 6.45) is 1.75. The van der Waals surface area contributed by atoms with Crippen LogP contribution in [0, 0.1) is 11.3 Å². The molecule has 0 unspecified atom stereocenters. The van der Waals surface area contributed by atoms with E-state index in [2.05, 4.69) is 10.3 Å². The average Bonchev–Trinajstić information content (AvgIpc) is 2.46. The minimum Gasteiger partial charge on any atom is -0.481 e. The predicted molar refractivity (Wildman–Crippen MR) is 74.3 cm³/mol. The van der Waals surface area contributed by atoms with Crippen molar-refractivity contribution in [3.63, 3.8) is 0 Å². The highest BCUT2D eigenvalue weighted by atomic mass is 35.5. The summed E-state index contributed by atoms with van der Waals surface area (Å²) in [7, 11) is 1.58. The molecule has 0 aliphatic rings. The van der Waals surface area contributed by atoms with Gasteiger partial charge in [0.15, 0.2) is 0 Å². The van der Waals surface area contributed by atoms with Crippen molar-refractivity contribution in [1.29, 1.82) is 5.26 Å². The van der Waals surface area contributed by atoms with E-state index >= 15 is 0 Å². The molecule has 1 aromatic heterocycles. The monoisotopic (exact) mass is 273 g/mol. The maximum absolute atomic E-state index is 8.79. The lowest BCUT2D eigenvalue weighted by atomic mass is 10.2. The number of nitrogens with zero attached hydrogens (tertiary/aromatic N) is 2.